The Morgan fingerprint density at radius 3 is 2.54 bits per heavy atom. The summed E-state index contributed by atoms with van der Waals surface area (Å²) in [5, 5.41) is 8.50. The van der Waals surface area contributed by atoms with Crippen molar-refractivity contribution in [1.29, 1.82) is 0 Å². The van der Waals surface area contributed by atoms with Crippen LogP contribution in [0.15, 0.2) is 60.8 Å². The third-order valence-electron chi connectivity index (χ3n) is 6.63. The van der Waals surface area contributed by atoms with Crippen molar-refractivity contribution in [2.75, 3.05) is 44.2 Å². The molecule has 1 fully saturated rings. The Kier molecular flexibility index (Phi) is 6.70. The number of hydrogen-bond acceptors (Lipinski definition) is 5. The molecule has 2 aromatic heterocycles. The van der Waals surface area contributed by atoms with Crippen molar-refractivity contribution in [3.05, 3.63) is 82.8 Å². The first kappa shape index (κ1) is 23.3. The summed E-state index contributed by atoms with van der Waals surface area (Å²) in [7, 11) is 0. The van der Waals surface area contributed by atoms with Gasteiger partial charge < -0.3 is 10.2 Å². The van der Waals surface area contributed by atoms with Crippen molar-refractivity contribution in [3.63, 3.8) is 0 Å². The van der Waals surface area contributed by atoms with E-state index < -0.39 is 0 Å². The van der Waals surface area contributed by atoms with Crippen LogP contribution in [0.1, 0.15) is 21.7 Å². The molecule has 1 amide bonds. The monoisotopic (exact) mass is 488 g/mol. The van der Waals surface area contributed by atoms with Crippen LogP contribution in [-0.4, -0.2) is 64.7 Å². The highest BCUT2D eigenvalue weighted by Crippen LogP contribution is 2.28. The largest absolute Gasteiger partial charge is 0.369 e. The normalized spacial score (nSPS) is 14.4. The Labute approximate surface area is 210 Å². The van der Waals surface area contributed by atoms with Gasteiger partial charge in [-0.05, 0) is 37.6 Å². The number of amides is 1. The van der Waals surface area contributed by atoms with Crippen molar-refractivity contribution in [2.45, 2.75) is 13.8 Å². The fraction of sp³-hybridized carbons (Fsp3) is 0.296. The average Bonchev–Trinajstić information content (AvgIpc) is 3.22. The molecule has 4 aromatic rings. The molecule has 1 saturated heterocycles. The number of nitrogens with zero attached hydrogens (tertiary/aromatic N) is 5. The highest BCUT2D eigenvalue weighted by Gasteiger charge is 2.20. The van der Waals surface area contributed by atoms with E-state index in [1.54, 1.807) is 10.7 Å². The molecule has 5 rings (SSSR count). The predicted molar refractivity (Wildman–Crippen MR) is 140 cm³/mol. The predicted octanol–water partition coefficient (Wildman–Crippen LogP) is 4.22. The maximum atomic E-state index is 13.0. The molecule has 7 nitrogen and oxygen atoms in total. The fourth-order valence-corrected chi connectivity index (χ4v) is 4.88. The van der Waals surface area contributed by atoms with Gasteiger partial charge in [-0.3, -0.25) is 9.69 Å². The van der Waals surface area contributed by atoms with E-state index in [0.717, 1.165) is 71.6 Å². The Hall–Kier alpha value is -3.42. The molecular weight excluding hydrogens is 460 g/mol. The zero-order chi connectivity index (χ0) is 24.4. The third-order valence-corrected chi connectivity index (χ3v) is 6.86. The lowest BCUT2D eigenvalue weighted by Crippen LogP contribution is -2.48. The number of hydrogen-bond donors (Lipinski definition) is 1. The van der Waals surface area contributed by atoms with Crippen LogP contribution in [0.25, 0.3) is 16.8 Å². The lowest BCUT2D eigenvalue weighted by Gasteiger charge is -2.36. The summed E-state index contributed by atoms with van der Waals surface area (Å²) in [6.45, 7) is 9.06. The van der Waals surface area contributed by atoms with E-state index in [0.29, 0.717) is 12.1 Å². The SMILES string of the molecule is Cc1nn2c(C)c(C(=O)NCCN3CCN(c4cccc(Cl)c4)CC3)cnc2c1-c1ccccc1. The smallest absolute Gasteiger partial charge is 0.254 e. The number of piperazine rings is 1. The zero-order valence-corrected chi connectivity index (χ0v) is 20.8. The van der Waals surface area contributed by atoms with Gasteiger partial charge in [0.25, 0.3) is 5.91 Å². The number of carbonyl (C=O) groups is 1. The van der Waals surface area contributed by atoms with Crippen molar-refractivity contribution in [1.82, 2.24) is 24.8 Å². The van der Waals surface area contributed by atoms with Crippen LogP contribution in [0, 0.1) is 13.8 Å². The highest BCUT2D eigenvalue weighted by atomic mass is 35.5. The maximum absolute atomic E-state index is 13.0. The molecular formula is C27H29ClN6O. The average molecular weight is 489 g/mol. The van der Waals surface area contributed by atoms with Gasteiger partial charge in [-0.1, -0.05) is 48.0 Å². The second-order valence-electron chi connectivity index (χ2n) is 8.88. The number of fused-ring (bicyclic) bond motifs is 1. The molecule has 1 N–H and O–H groups in total. The number of carbonyl (C=O) groups excluding carboxylic acids is 1. The van der Waals surface area contributed by atoms with E-state index in [1.165, 1.54) is 0 Å². The summed E-state index contributed by atoms with van der Waals surface area (Å²) in [5.41, 5.74) is 6.21. The minimum absolute atomic E-state index is 0.121. The maximum Gasteiger partial charge on any atom is 0.254 e. The van der Waals surface area contributed by atoms with E-state index >= 15 is 0 Å². The van der Waals surface area contributed by atoms with Gasteiger partial charge >= 0.3 is 0 Å². The minimum atomic E-state index is -0.121. The van der Waals surface area contributed by atoms with Crippen LogP contribution < -0.4 is 10.2 Å². The molecule has 0 unspecified atom stereocenters. The van der Waals surface area contributed by atoms with Crippen molar-refractivity contribution >= 4 is 28.8 Å². The Morgan fingerprint density at radius 2 is 1.80 bits per heavy atom. The molecule has 8 heteroatoms. The van der Waals surface area contributed by atoms with Crippen molar-refractivity contribution in [2.24, 2.45) is 0 Å². The number of rotatable bonds is 6. The van der Waals surface area contributed by atoms with Gasteiger partial charge in [0.1, 0.15) is 0 Å². The molecule has 0 bridgehead atoms. The van der Waals surface area contributed by atoms with Crippen LogP contribution in [0.5, 0.6) is 0 Å². The van der Waals surface area contributed by atoms with Gasteiger partial charge in [-0.15, -0.1) is 0 Å². The quantitative estimate of drug-likeness (QED) is 0.440. The van der Waals surface area contributed by atoms with E-state index in [1.807, 2.05) is 50.2 Å². The number of benzene rings is 2. The summed E-state index contributed by atoms with van der Waals surface area (Å²) < 4.78 is 1.78. The number of halogens is 1. The first-order chi connectivity index (χ1) is 17.0. The summed E-state index contributed by atoms with van der Waals surface area (Å²) in [6.07, 6.45) is 1.66. The first-order valence-electron chi connectivity index (χ1n) is 11.9. The van der Waals surface area contributed by atoms with E-state index in [9.17, 15) is 4.79 Å². The third kappa shape index (κ3) is 4.88. The number of anilines is 1. The van der Waals surface area contributed by atoms with E-state index in [4.69, 9.17) is 11.6 Å². The lowest BCUT2D eigenvalue weighted by atomic mass is 10.1. The number of aryl methyl sites for hydroxylation is 2. The topological polar surface area (TPSA) is 65.8 Å². The minimum Gasteiger partial charge on any atom is -0.369 e. The second-order valence-corrected chi connectivity index (χ2v) is 9.32. The van der Waals surface area contributed by atoms with Gasteiger partial charge in [0.05, 0.1) is 17.0 Å². The molecule has 1 aliphatic heterocycles. The molecule has 1 aliphatic rings. The molecule has 0 aliphatic carbocycles. The molecule has 0 saturated carbocycles. The zero-order valence-electron chi connectivity index (χ0n) is 20.0. The van der Waals surface area contributed by atoms with Gasteiger partial charge in [0.15, 0.2) is 5.65 Å². The van der Waals surface area contributed by atoms with Crippen LogP contribution in [0.3, 0.4) is 0 Å². The number of aromatic nitrogens is 3. The molecule has 0 radical (unpaired) electrons. The Balaban J connectivity index is 1.19. The molecule has 0 atom stereocenters. The lowest BCUT2D eigenvalue weighted by molar-refractivity contribution is 0.0946. The molecule has 0 spiro atoms. The summed E-state index contributed by atoms with van der Waals surface area (Å²) in [6, 6.07) is 18.1. The highest BCUT2D eigenvalue weighted by molar-refractivity contribution is 6.30. The Bertz CT molecular complexity index is 1340. The summed E-state index contributed by atoms with van der Waals surface area (Å²) in [5.74, 6) is -0.121. The molecule has 3 heterocycles. The van der Waals surface area contributed by atoms with Crippen molar-refractivity contribution < 1.29 is 4.79 Å². The van der Waals surface area contributed by atoms with E-state index in [2.05, 4.69) is 43.4 Å². The summed E-state index contributed by atoms with van der Waals surface area (Å²) >= 11 is 6.13. The summed E-state index contributed by atoms with van der Waals surface area (Å²) in [4.78, 5) is 22.3. The van der Waals surface area contributed by atoms with Crippen LogP contribution in [0.2, 0.25) is 5.02 Å². The number of nitrogens with one attached hydrogen (secondary N) is 1. The van der Waals surface area contributed by atoms with Gasteiger partial charge in [-0.25, -0.2) is 9.50 Å². The first-order valence-corrected chi connectivity index (χ1v) is 12.3. The van der Waals surface area contributed by atoms with Gasteiger partial charge in [-0.2, -0.15) is 5.10 Å². The molecule has 180 valence electrons. The Morgan fingerprint density at radius 1 is 1.03 bits per heavy atom. The fourth-order valence-electron chi connectivity index (χ4n) is 4.69. The van der Waals surface area contributed by atoms with Crippen LogP contribution >= 0.6 is 11.6 Å². The van der Waals surface area contributed by atoms with Gasteiger partial charge in [0, 0.05) is 61.7 Å². The molecule has 35 heavy (non-hydrogen) atoms. The van der Waals surface area contributed by atoms with Gasteiger partial charge in [0.2, 0.25) is 0 Å². The standard InChI is InChI=1S/C27H29ClN6O/c1-19-25(21-7-4-3-5-8-21)26-30-18-24(20(2)34(26)31-19)27(35)29-11-12-32-13-15-33(16-14-32)23-10-6-9-22(28)17-23/h3-10,17-18H,11-16H2,1-2H3,(H,29,35). The van der Waals surface area contributed by atoms with Crippen LogP contribution in [-0.2, 0) is 0 Å². The van der Waals surface area contributed by atoms with Crippen molar-refractivity contribution in [3.8, 4) is 11.1 Å². The van der Waals surface area contributed by atoms with E-state index in [-0.39, 0.29) is 5.91 Å². The van der Waals surface area contributed by atoms with Crippen LogP contribution in [0.4, 0.5) is 5.69 Å². The molecule has 2 aromatic carbocycles. The second kappa shape index (κ2) is 10.1.